The molecule has 1 heterocycles. The maximum Gasteiger partial charge on any atom is 0.220 e. The van der Waals surface area contributed by atoms with Gasteiger partial charge in [-0.15, -0.1) is 0 Å². The molecule has 2 unspecified atom stereocenters. The lowest BCUT2D eigenvalue weighted by molar-refractivity contribution is -0.124. The van der Waals surface area contributed by atoms with Crippen LogP contribution in [0, 0.1) is 23.2 Å². The molecular weight excluding hydrogens is 374 g/mol. The molecule has 0 radical (unpaired) electrons. The van der Waals surface area contributed by atoms with Gasteiger partial charge in [-0.1, -0.05) is 12.1 Å². The van der Waals surface area contributed by atoms with Gasteiger partial charge in [0.15, 0.2) is 0 Å². The van der Waals surface area contributed by atoms with Crippen LogP contribution < -0.4 is 15.0 Å². The van der Waals surface area contributed by atoms with Gasteiger partial charge in [0.2, 0.25) is 5.91 Å². The average molecular weight is 412 g/mol. The van der Waals surface area contributed by atoms with Crippen LogP contribution in [0.1, 0.15) is 44.9 Å². The Labute approximate surface area is 181 Å². The second-order valence-electron chi connectivity index (χ2n) is 10.3. The van der Waals surface area contributed by atoms with Gasteiger partial charge in [-0.2, -0.15) is 0 Å². The number of para-hydroxylation sites is 2. The molecule has 4 bridgehead atoms. The van der Waals surface area contributed by atoms with Crippen molar-refractivity contribution in [3.8, 4) is 5.75 Å². The molecule has 1 saturated heterocycles. The number of hydrogen-bond donors (Lipinski definition) is 1. The highest BCUT2D eigenvalue weighted by Crippen LogP contribution is 2.66. The minimum Gasteiger partial charge on any atom is -0.495 e. The lowest BCUT2D eigenvalue weighted by Gasteiger charge is -2.36. The molecule has 6 rings (SSSR count). The van der Waals surface area contributed by atoms with E-state index in [1.807, 2.05) is 12.1 Å². The van der Waals surface area contributed by atoms with Crippen molar-refractivity contribution >= 4 is 11.6 Å². The van der Waals surface area contributed by atoms with E-state index in [0.29, 0.717) is 11.3 Å². The normalized spacial score (nSPS) is 32.6. The van der Waals surface area contributed by atoms with E-state index in [1.54, 1.807) is 7.11 Å². The van der Waals surface area contributed by atoms with Gasteiger partial charge in [-0.3, -0.25) is 9.69 Å². The summed E-state index contributed by atoms with van der Waals surface area (Å²) in [4.78, 5) is 17.6. The summed E-state index contributed by atoms with van der Waals surface area (Å²) >= 11 is 0. The molecule has 1 amide bonds. The summed E-state index contributed by atoms with van der Waals surface area (Å²) in [6.07, 6.45) is 8.76. The first-order valence-electron chi connectivity index (χ1n) is 12.0. The minimum absolute atomic E-state index is 0.309. The van der Waals surface area contributed by atoms with Gasteiger partial charge in [-0.05, 0) is 80.4 Å². The second kappa shape index (κ2) is 8.41. The molecule has 1 aromatic carbocycles. The lowest BCUT2D eigenvalue weighted by Crippen LogP contribution is -2.47. The number of amides is 1. The van der Waals surface area contributed by atoms with Gasteiger partial charge in [0.05, 0.1) is 12.8 Å². The van der Waals surface area contributed by atoms with E-state index in [1.165, 1.54) is 37.8 Å². The first-order valence-corrected chi connectivity index (χ1v) is 12.0. The van der Waals surface area contributed by atoms with Crippen LogP contribution >= 0.6 is 0 Å². The monoisotopic (exact) mass is 411 g/mol. The molecule has 5 aliphatic rings. The number of hydrogen-bond acceptors (Lipinski definition) is 4. The van der Waals surface area contributed by atoms with E-state index in [4.69, 9.17) is 4.74 Å². The molecule has 2 atom stereocenters. The number of methoxy groups -OCH3 is 1. The number of nitrogens with zero attached hydrogens (tertiary/aromatic N) is 2. The molecule has 4 aliphatic carbocycles. The number of ether oxygens (including phenoxy) is 1. The lowest BCUT2D eigenvalue weighted by atomic mass is 9.73. The molecule has 1 aliphatic heterocycles. The molecule has 164 valence electrons. The number of piperazine rings is 1. The Balaban J connectivity index is 1.01. The van der Waals surface area contributed by atoms with Gasteiger partial charge in [-0.25, -0.2) is 0 Å². The van der Waals surface area contributed by atoms with E-state index in [2.05, 4.69) is 27.2 Å². The first kappa shape index (κ1) is 20.2. The Bertz CT molecular complexity index is 745. The van der Waals surface area contributed by atoms with Gasteiger partial charge in [0, 0.05) is 39.1 Å². The van der Waals surface area contributed by atoms with Crippen molar-refractivity contribution in [1.29, 1.82) is 0 Å². The van der Waals surface area contributed by atoms with Crippen LogP contribution in [-0.2, 0) is 4.79 Å². The zero-order chi connectivity index (χ0) is 20.6. The van der Waals surface area contributed by atoms with Crippen LogP contribution in [0.3, 0.4) is 0 Å². The third-order valence-corrected chi connectivity index (χ3v) is 8.44. The number of nitrogens with one attached hydrogen (secondary N) is 1. The number of carbonyl (C=O) groups excluding carboxylic acids is 1. The zero-order valence-electron chi connectivity index (χ0n) is 18.4. The summed E-state index contributed by atoms with van der Waals surface area (Å²) < 4.78 is 5.51. The zero-order valence-corrected chi connectivity index (χ0v) is 18.4. The minimum atomic E-state index is 0.309. The standard InChI is InChI=1S/C25H37N3O2/c1-30-23-6-3-2-5-22(23)28-11-9-27(10-12-28)8-4-7-26-24(29)18-25-16-19-13-20(17-25)15-21(25)14-19/h2-3,5-6,19-21H,4,7-18H2,1H3,(H,26,29). The van der Waals surface area contributed by atoms with Crippen molar-refractivity contribution in [3.63, 3.8) is 0 Å². The molecule has 0 spiro atoms. The second-order valence-corrected chi connectivity index (χ2v) is 10.3. The predicted molar refractivity (Wildman–Crippen MR) is 120 cm³/mol. The molecule has 1 aromatic rings. The Morgan fingerprint density at radius 3 is 2.57 bits per heavy atom. The van der Waals surface area contributed by atoms with Crippen LogP contribution in [-0.4, -0.2) is 57.2 Å². The highest BCUT2D eigenvalue weighted by atomic mass is 16.5. The topological polar surface area (TPSA) is 44.8 Å². The highest BCUT2D eigenvalue weighted by Gasteiger charge is 2.57. The Hall–Kier alpha value is -1.75. The largest absolute Gasteiger partial charge is 0.495 e. The molecule has 5 nitrogen and oxygen atoms in total. The predicted octanol–water partition coefficient (Wildman–Crippen LogP) is 3.54. The van der Waals surface area contributed by atoms with Crippen molar-refractivity contribution in [2.45, 2.75) is 44.9 Å². The molecule has 5 fully saturated rings. The van der Waals surface area contributed by atoms with E-state index >= 15 is 0 Å². The smallest absolute Gasteiger partial charge is 0.220 e. The third-order valence-electron chi connectivity index (χ3n) is 8.44. The summed E-state index contributed by atoms with van der Waals surface area (Å²) in [5.74, 6) is 3.99. The quantitative estimate of drug-likeness (QED) is 0.665. The van der Waals surface area contributed by atoms with Crippen LogP contribution in [0.5, 0.6) is 5.75 Å². The Kier molecular flexibility index (Phi) is 5.65. The van der Waals surface area contributed by atoms with Crippen molar-refractivity contribution in [2.24, 2.45) is 23.2 Å². The highest BCUT2D eigenvalue weighted by molar-refractivity contribution is 5.76. The fourth-order valence-corrected chi connectivity index (χ4v) is 7.27. The molecule has 30 heavy (non-hydrogen) atoms. The van der Waals surface area contributed by atoms with Gasteiger partial charge in [0.1, 0.15) is 5.75 Å². The number of anilines is 1. The van der Waals surface area contributed by atoms with E-state index < -0.39 is 0 Å². The fourth-order valence-electron chi connectivity index (χ4n) is 7.27. The number of carbonyl (C=O) groups is 1. The third kappa shape index (κ3) is 3.93. The van der Waals surface area contributed by atoms with Crippen LogP contribution in [0.2, 0.25) is 0 Å². The molecule has 4 saturated carbocycles. The maximum atomic E-state index is 12.6. The summed E-state index contributed by atoms with van der Waals surface area (Å²) in [6.45, 7) is 6.08. The number of benzene rings is 1. The molecule has 0 aromatic heterocycles. The summed E-state index contributed by atoms with van der Waals surface area (Å²) in [5.41, 5.74) is 1.58. The Morgan fingerprint density at radius 2 is 1.83 bits per heavy atom. The van der Waals surface area contributed by atoms with Crippen molar-refractivity contribution in [3.05, 3.63) is 24.3 Å². The molecule has 5 heteroatoms. The molecular formula is C25H37N3O2. The summed E-state index contributed by atoms with van der Waals surface area (Å²) in [5, 5.41) is 3.24. The van der Waals surface area contributed by atoms with Crippen molar-refractivity contribution < 1.29 is 9.53 Å². The average Bonchev–Trinajstić information content (AvgIpc) is 3.14. The van der Waals surface area contributed by atoms with E-state index in [9.17, 15) is 4.79 Å². The number of rotatable bonds is 8. The van der Waals surface area contributed by atoms with E-state index in [-0.39, 0.29) is 0 Å². The fraction of sp³-hybridized carbons (Fsp3) is 0.720. The first-order chi connectivity index (χ1) is 14.6. The Morgan fingerprint density at radius 1 is 1.10 bits per heavy atom. The maximum absolute atomic E-state index is 12.6. The van der Waals surface area contributed by atoms with Crippen LogP contribution in [0.4, 0.5) is 5.69 Å². The van der Waals surface area contributed by atoms with Gasteiger partial charge in [0.25, 0.3) is 0 Å². The molecule has 1 N–H and O–H groups in total. The van der Waals surface area contributed by atoms with Gasteiger partial charge < -0.3 is 15.0 Å². The van der Waals surface area contributed by atoms with Gasteiger partial charge >= 0.3 is 0 Å². The summed E-state index contributed by atoms with van der Waals surface area (Å²) in [6, 6.07) is 8.28. The van der Waals surface area contributed by atoms with E-state index in [0.717, 1.165) is 75.6 Å². The SMILES string of the molecule is COc1ccccc1N1CCN(CCCNC(=O)CC23CC4CC(CC2C4)C3)CC1. The van der Waals surface area contributed by atoms with Crippen LogP contribution in [0.15, 0.2) is 24.3 Å². The van der Waals surface area contributed by atoms with Crippen molar-refractivity contribution in [2.75, 3.05) is 51.3 Å². The van der Waals surface area contributed by atoms with Crippen molar-refractivity contribution in [1.82, 2.24) is 10.2 Å². The van der Waals surface area contributed by atoms with Crippen LogP contribution in [0.25, 0.3) is 0 Å². The summed E-state index contributed by atoms with van der Waals surface area (Å²) in [7, 11) is 1.74.